The minimum atomic E-state index is -3.86. The smallest absolute Gasteiger partial charge is 0.289 e. The minimum absolute atomic E-state index is 0.0530. The molecule has 1 aliphatic rings. The normalized spacial score (nSPS) is 16.6. The summed E-state index contributed by atoms with van der Waals surface area (Å²) in [5, 5.41) is 5.56. The maximum atomic E-state index is 12.7. The Morgan fingerprint density at radius 3 is 2.43 bits per heavy atom. The Balaban J connectivity index is 1.72. The first kappa shape index (κ1) is 20.7. The van der Waals surface area contributed by atoms with Crippen LogP contribution in [0.3, 0.4) is 0 Å². The van der Waals surface area contributed by atoms with E-state index in [2.05, 4.69) is 0 Å². The SMILES string of the molecule is COCCS(=O)(=O)N1CCN(C(=O)c2cc3cc(S(N)(=O)=O)ccc3o2)CC1. The van der Waals surface area contributed by atoms with Crippen LogP contribution in [0.1, 0.15) is 10.6 Å². The predicted octanol–water partition coefficient (Wildman–Crippen LogP) is -0.186. The van der Waals surface area contributed by atoms with E-state index in [0.717, 1.165) is 0 Å². The van der Waals surface area contributed by atoms with E-state index in [0.29, 0.717) is 11.0 Å². The van der Waals surface area contributed by atoms with Crippen LogP contribution in [0.25, 0.3) is 11.0 Å². The number of carbonyl (C=O) groups excluding carboxylic acids is 1. The zero-order chi connectivity index (χ0) is 20.5. The fourth-order valence-corrected chi connectivity index (χ4v) is 4.85. The summed E-state index contributed by atoms with van der Waals surface area (Å²) >= 11 is 0. The van der Waals surface area contributed by atoms with E-state index in [9.17, 15) is 21.6 Å². The topological polar surface area (TPSA) is 140 Å². The number of hydrogen-bond acceptors (Lipinski definition) is 7. The van der Waals surface area contributed by atoms with Crippen molar-refractivity contribution in [3.05, 3.63) is 30.0 Å². The number of fused-ring (bicyclic) bond motifs is 1. The van der Waals surface area contributed by atoms with E-state index in [4.69, 9.17) is 14.3 Å². The van der Waals surface area contributed by atoms with Crippen LogP contribution in [-0.2, 0) is 24.8 Å². The van der Waals surface area contributed by atoms with Crippen molar-refractivity contribution < 1.29 is 30.8 Å². The van der Waals surface area contributed by atoms with Gasteiger partial charge in [-0.25, -0.2) is 22.0 Å². The Hall–Kier alpha value is -1.99. The van der Waals surface area contributed by atoms with Gasteiger partial charge in [0.15, 0.2) is 5.76 Å². The van der Waals surface area contributed by atoms with Gasteiger partial charge in [0.05, 0.1) is 17.3 Å². The maximum Gasteiger partial charge on any atom is 0.289 e. The molecule has 10 nitrogen and oxygen atoms in total. The van der Waals surface area contributed by atoms with Gasteiger partial charge in [0.1, 0.15) is 5.58 Å². The number of primary sulfonamides is 1. The van der Waals surface area contributed by atoms with Gasteiger partial charge in [-0.15, -0.1) is 0 Å². The molecule has 3 rings (SSSR count). The number of furan rings is 1. The molecular weight excluding hydrogens is 410 g/mol. The molecule has 0 aliphatic carbocycles. The van der Waals surface area contributed by atoms with Crippen molar-refractivity contribution in [1.29, 1.82) is 0 Å². The molecule has 1 fully saturated rings. The molecule has 28 heavy (non-hydrogen) atoms. The van der Waals surface area contributed by atoms with E-state index in [1.807, 2.05) is 0 Å². The lowest BCUT2D eigenvalue weighted by atomic mass is 10.2. The first-order valence-electron chi connectivity index (χ1n) is 8.44. The lowest BCUT2D eigenvalue weighted by molar-refractivity contribution is 0.0668. The van der Waals surface area contributed by atoms with E-state index in [1.165, 1.54) is 40.6 Å². The molecule has 1 saturated heterocycles. The van der Waals surface area contributed by atoms with Crippen molar-refractivity contribution in [1.82, 2.24) is 9.21 Å². The number of rotatable bonds is 6. The van der Waals surface area contributed by atoms with E-state index >= 15 is 0 Å². The molecule has 0 saturated carbocycles. The van der Waals surface area contributed by atoms with Crippen molar-refractivity contribution in [3.8, 4) is 0 Å². The summed E-state index contributed by atoms with van der Waals surface area (Å²) < 4.78 is 59.0. The van der Waals surface area contributed by atoms with Gasteiger partial charge in [0, 0.05) is 38.7 Å². The van der Waals surface area contributed by atoms with Crippen LogP contribution in [-0.4, -0.2) is 77.6 Å². The van der Waals surface area contributed by atoms with Gasteiger partial charge in [-0.05, 0) is 24.3 Å². The van der Waals surface area contributed by atoms with Crippen molar-refractivity contribution >= 4 is 36.9 Å². The third-order valence-corrected chi connectivity index (χ3v) is 7.24. The summed E-state index contributed by atoms with van der Waals surface area (Å²) in [7, 11) is -5.85. The fraction of sp³-hybridized carbons (Fsp3) is 0.438. The molecule has 1 aliphatic heterocycles. The zero-order valence-corrected chi connectivity index (χ0v) is 16.8. The standard InChI is InChI=1S/C16H21N3O7S2/c1-25-8-9-27(21,22)19-6-4-18(5-7-19)16(20)15-11-12-10-13(28(17,23)24)2-3-14(12)26-15/h2-3,10-11H,4-9H2,1H3,(H2,17,23,24). The molecule has 0 bridgehead atoms. The third-order valence-electron chi connectivity index (χ3n) is 4.49. The summed E-state index contributed by atoms with van der Waals surface area (Å²) in [4.78, 5) is 14.1. The van der Waals surface area contributed by atoms with Crippen molar-refractivity contribution in [2.24, 2.45) is 5.14 Å². The first-order chi connectivity index (χ1) is 13.1. The van der Waals surface area contributed by atoms with Crippen LogP contribution in [0.15, 0.2) is 33.6 Å². The second-order valence-corrected chi connectivity index (χ2v) is 10.0. The molecule has 12 heteroatoms. The van der Waals surface area contributed by atoms with Gasteiger partial charge >= 0.3 is 0 Å². The molecule has 1 amide bonds. The van der Waals surface area contributed by atoms with Crippen molar-refractivity contribution in [2.75, 3.05) is 45.6 Å². The summed E-state index contributed by atoms with van der Waals surface area (Å²) in [6.45, 7) is 0.942. The van der Waals surface area contributed by atoms with Gasteiger partial charge < -0.3 is 14.1 Å². The number of sulfonamides is 2. The summed E-state index contributed by atoms with van der Waals surface area (Å²) in [6.07, 6.45) is 0. The molecule has 154 valence electrons. The second-order valence-electron chi connectivity index (χ2n) is 6.36. The number of hydrogen-bond donors (Lipinski definition) is 1. The maximum absolute atomic E-state index is 12.7. The Bertz CT molecular complexity index is 1080. The molecule has 0 unspecified atom stereocenters. The number of nitrogens with two attached hydrogens (primary N) is 1. The number of nitrogens with zero attached hydrogens (tertiary/aromatic N) is 2. The quantitative estimate of drug-likeness (QED) is 0.669. The number of amides is 1. The van der Waals surface area contributed by atoms with E-state index in [-0.39, 0.29) is 55.1 Å². The zero-order valence-electron chi connectivity index (χ0n) is 15.2. The van der Waals surface area contributed by atoms with Crippen LogP contribution < -0.4 is 5.14 Å². The molecule has 0 radical (unpaired) electrons. The molecule has 2 aromatic rings. The van der Waals surface area contributed by atoms with Crippen LogP contribution in [0.2, 0.25) is 0 Å². The highest BCUT2D eigenvalue weighted by molar-refractivity contribution is 7.89. The van der Waals surface area contributed by atoms with Gasteiger partial charge in [0.25, 0.3) is 5.91 Å². The molecule has 0 atom stereocenters. The monoisotopic (exact) mass is 431 g/mol. The highest BCUT2D eigenvalue weighted by atomic mass is 32.2. The highest BCUT2D eigenvalue weighted by Gasteiger charge is 2.30. The largest absolute Gasteiger partial charge is 0.451 e. The lowest BCUT2D eigenvalue weighted by Crippen LogP contribution is -2.51. The van der Waals surface area contributed by atoms with Gasteiger partial charge in [-0.2, -0.15) is 4.31 Å². The Labute approximate surface area is 162 Å². The molecule has 1 aromatic carbocycles. The van der Waals surface area contributed by atoms with Crippen LogP contribution in [0, 0.1) is 0 Å². The Morgan fingerprint density at radius 1 is 1.14 bits per heavy atom. The minimum Gasteiger partial charge on any atom is -0.451 e. The number of piperazine rings is 1. The molecular formula is C16H21N3O7S2. The third kappa shape index (κ3) is 4.36. The molecule has 0 spiro atoms. The summed E-state index contributed by atoms with van der Waals surface area (Å²) in [6, 6.07) is 5.53. The average molecular weight is 431 g/mol. The first-order valence-corrected chi connectivity index (χ1v) is 11.6. The number of ether oxygens (including phenoxy) is 1. The fourth-order valence-electron chi connectivity index (χ4n) is 2.95. The van der Waals surface area contributed by atoms with Gasteiger partial charge in [-0.1, -0.05) is 0 Å². The molecule has 1 aromatic heterocycles. The van der Waals surface area contributed by atoms with Crippen LogP contribution in [0.4, 0.5) is 0 Å². The Kier molecular flexibility index (Phi) is 5.77. The van der Waals surface area contributed by atoms with Gasteiger partial charge in [-0.3, -0.25) is 4.79 Å². The molecule has 2 heterocycles. The number of methoxy groups -OCH3 is 1. The summed E-state index contributed by atoms with van der Waals surface area (Å²) in [5.74, 6) is -0.438. The van der Waals surface area contributed by atoms with Crippen LogP contribution in [0.5, 0.6) is 0 Å². The highest BCUT2D eigenvalue weighted by Crippen LogP contribution is 2.24. The Morgan fingerprint density at radius 2 is 1.82 bits per heavy atom. The predicted molar refractivity (Wildman–Crippen MR) is 101 cm³/mol. The second kappa shape index (κ2) is 7.79. The summed E-state index contributed by atoms with van der Waals surface area (Å²) in [5.41, 5.74) is 0.358. The van der Waals surface area contributed by atoms with Crippen LogP contribution >= 0.6 is 0 Å². The van der Waals surface area contributed by atoms with E-state index < -0.39 is 20.0 Å². The lowest BCUT2D eigenvalue weighted by Gasteiger charge is -2.33. The van der Waals surface area contributed by atoms with Crippen molar-refractivity contribution in [2.45, 2.75) is 4.90 Å². The van der Waals surface area contributed by atoms with Crippen molar-refractivity contribution in [3.63, 3.8) is 0 Å². The van der Waals surface area contributed by atoms with E-state index in [1.54, 1.807) is 0 Å². The average Bonchev–Trinajstić information content (AvgIpc) is 3.08. The molecule has 2 N–H and O–H groups in total. The number of carbonyl (C=O) groups is 1. The van der Waals surface area contributed by atoms with Gasteiger partial charge in [0.2, 0.25) is 20.0 Å². The number of benzene rings is 1.